The second-order valence-electron chi connectivity index (χ2n) is 6.80. The van der Waals surface area contributed by atoms with E-state index in [1.165, 1.54) is 12.0 Å². The van der Waals surface area contributed by atoms with Crippen LogP contribution in [0.3, 0.4) is 0 Å². The quantitative estimate of drug-likeness (QED) is 0.847. The van der Waals surface area contributed by atoms with Gasteiger partial charge in [-0.25, -0.2) is 0 Å². The van der Waals surface area contributed by atoms with E-state index in [0.29, 0.717) is 5.92 Å². The van der Waals surface area contributed by atoms with Crippen molar-refractivity contribution in [3.05, 3.63) is 65.7 Å². The van der Waals surface area contributed by atoms with Crippen molar-refractivity contribution in [2.24, 2.45) is 0 Å². The van der Waals surface area contributed by atoms with Gasteiger partial charge in [0.25, 0.3) is 5.91 Å². The van der Waals surface area contributed by atoms with E-state index in [0.717, 1.165) is 37.2 Å². The average Bonchev–Trinajstić information content (AvgIpc) is 2.88. The van der Waals surface area contributed by atoms with Crippen molar-refractivity contribution >= 4 is 11.6 Å². The molecular formula is C21H26N2O. The average molecular weight is 322 g/mol. The second kappa shape index (κ2) is 7.52. The smallest absolute Gasteiger partial charge is 0.253 e. The van der Waals surface area contributed by atoms with E-state index in [1.54, 1.807) is 0 Å². The van der Waals surface area contributed by atoms with Gasteiger partial charge < -0.3 is 9.80 Å². The maximum Gasteiger partial charge on any atom is 0.253 e. The molecular weight excluding hydrogens is 296 g/mol. The van der Waals surface area contributed by atoms with Crippen LogP contribution in [0.5, 0.6) is 0 Å². The fourth-order valence-corrected chi connectivity index (χ4v) is 3.42. The summed E-state index contributed by atoms with van der Waals surface area (Å²) in [7, 11) is 4.00. The summed E-state index contributed by atoms with van der Waals surface area (Å²) in [6, 6.07) is 18.5. The summed E-state index contributed by atoms with van der Waals surface area (Å²) < 4.78 is 0. The van der Waals surface area contributed by atoms with E-state index in [9.17, 15) is 4.79 Å². The molecule has 24 heavy (non-hydrogen) atoms. The topological polar surface area (TPSA) is 23.6 Å². The van der Waals surface area contributed by atoms with Crippen molar-refractivity contribution in [2.75, 3.05) is 32.1 Å². The largest absolute Gasteiger partial charge is 0.378 e. The van der Waals surface area contributed by atoms with Crippen molar-refractivity contribution in [3.63, 3.8) is 0 Å². The monoisotopic (exact) mass is 322 g/mol. The van der Waals surface area contributed by atoms with Gasteiger partial charge in [-0.15, -0.1) is 0 Å². The summed E-state index contributed by atoms with van der Waals surface area (Å²) in [5.74, 6) is 0.594. The number of nitrogens with zero attached hydrogens (tertiary/aromatic N) is 2. The number of carbonyl (C=O) groups excluding carboxylic acids is 1. The van der Waals surface area contributed by atoms with Crippen LogP contribution in [0, 0.1) is 0 Å². The number of rotatable bonds is 3. The molecule has 1 unspecified atom stereocenters. The predicted octanol–water partition coefficient (Wildman–Crippen LogP) is 4.16. The van der Waals surface area contributed by atoms with Crippen LogP contribution in [0.25, 0.3) is 0 Å². The molecule has 1 atom stereocenters. The Hall–Kier alpha value is -2.29. The molecule has 3 rings (SSSR count). The molecule has 0 aromatic heterocycles. The Morgan fingerprint density at radius 3 is 2.58 bits per heavy atom. The molecule has 126 valence electrons. The van der Waals surface area contributed by atoms with Gasteiger partial charge in [-0.3, -0.25) is 4.79 Å². The number of benzene rings is 2. The van der Waals surface area contributed by atoms with Crippen LogP contribution in [-0.4, -0.2) is 38.0 Å². The normalized spacial score (nSPS) is 18.1. The van der Waals surface area contributed by atoms with Crippen molar-refractivity contribution < 1.29 is 4.79 Å². The molecule has 0 spiro atoms. The van der Waals surface area contributed by atoms with E-state index in [4.69, 9.17) is 0 Å². The molecule has 0 radical (unpaired) electrons. The van der Waals surface area contributed by atoms with Crippen LogP contribution in [0.15, 0.2) is 54.6 Å². The molecule has 0 bridgehead atoms. The first kappa shape index (κ1) is 16.6. The number of hydrogen-bond donors (Lipinski definition) is 0. The van der Waals surface area contributed by atoms with Crippen LogP contribution in [0.4, 0.5) is 5.69 Å². The maximum absolute atomic E-state index is 13.0. The Morgan fingerprint density at radius 2 is 1.83 bits per heavy atom. The zero-order valence-electron chi connectivity index (χ0n) is 14.6. The van der Waals surface area contributed by atoms with Gasteiger partial charge in [0.05, 0.1) is 0 Å². The first-order valence-corrected chi connectivity index (χ1v) is 8.77. The van der Waals surface area contributed by atoms with Crippen LogP contribution >= 0.6 is 0 Å². The SMILES string of the molecule is CN(C)c1cccc(C(=O)N2CCCCC(c3ccccc3)C2)c1. The highest BCUT2D eigenvalue weighted by Crippen LogP contribution is 2.27. The summed E-state index contributed by atoms with van der Waals surface area (Å²) in [4.78, 5) is 17.1. The molecule has 2 aromatic carbocycles. The van der Waals surface area contributed by atoms with Crippen LogP contribution < -0.4 is 4.90 Å². The molecule has 2 aromatic rings. The Kier molecular flexibility index (Phi) is 5.19. The Labute approximate surface area is 144 Å². The van der Waals surface area contributed by atoms with E-state index >= 15 is 0 Å². The number of carbonyl (C=O) groups is 1. The molecule has 1 amide bonds. The van der Waals surface area contributed by atoms with Crippen LogP contribution in [0.2, 0.25) is 0 Å². The number of amides is 1. The third kappa shape index (κ3) is 3.78. The fourth-order valence-electron chi connectivity index (χ4n) is 3.42. The Bertz CT molecular complexity index is 681. The van der Waals surface area contributed by atoms with E-state index in [1.807, 2.05) is 48.2 Å². The van der Waals surface area contributed by atoms with Gasteiger partial charge >= 0.3 is 0 Å². The van der Waals surface area contributed by atoms with Gasteiger partial charge in [0.2, 0.25) is 0 Å². The number of hydrogen-bond acceptors (Lipinski definition) is 2. The van der Waals surface area contributed by atoms with Crippen LogP contribution in [0.1, 0.15) is 41.1 Å². The van der Waals surface area contributed by atoms with Crippen molar-refractivity contribution in [1.29, 1.82) is 0 Å². The summed E-state index contributed by atoms with van der Waals surface area (Å²) in [6.07, 6.45) is 3.43. The number of anilines is 1. The van der Waals surface area contributed by atoms with Crippen molar-refractivity contribution in [1.82, 2.24) is 4.90 Å². The van der Waals surface area contributed by atoms with E-state index in [2.05, 4.69) is 30.3 Å². The molecule has 0 aliphatic carbocycles. The molecule has 1 heterocycles. The molecule has 0 saturated carbocycles. The van der Waals surface area contributed by atoms with E-state index in [-0.39, 0.29) is 5.91 Å². The minimum absolute atomic E-state index is 0.154. The third-order valence-corrected chi connectivity index (χ3v) is 4.84. The van der Waals surface area contributed by atoms with Gasteiger partial charge in [-0.1, -0.05) is 42.8 Å². The maximum atomic E-state index is 13.0. The van der Waals surface area contributed by atoms with Gasteiger partial charge in [0, 0.05) is 44.4 Å². The van der Waals surface area contributed by atoms with Gasteiger partial charge in [0.15, 0.2) is 0 Å². The first-order valence-electron chi connectivity index (χ1n) is 8.77. The fraction of sp³-hybridized carbons (Fsp3) is 0.381. The zero-order valence-corrected chi connectivity index (χ0v) is 14.6. The molecule has 1 fully saturated rings. The Morgan fingerprint density at radius 1 is 1.04 bits per heavy atom. The van der Waals surface area contributed by atoms with Gasteiger partial charge in [-0.05, 0) is 36.6 Å². The van der Waals surface area contributed by atoms with Crippen molar-refractivity contribution in [2.45, 2.75) is 25.2 Å². The minimum Gasteiger partial charge on any atom is -0.378 e. The minimum atomic E-state index is 0.154. The van der Waals surface area contributed by atoms with Crippen LogP contribution in [-0.2, 0) is 0 Å². The zero-order chi connectivity index (χ0) is 16.9. The molecule has 1 saturated heterocycles. The number of likely N-dealkylation sites (tertiary alicyclic amines) is 1. The summed E-state index contributed by atoms with van der Waals surface area (Å²) in [6.45, 7) is 1.67. The lowest BCUT2D eigenvalue weighted by Gasteiger charge is -2.25. The van der Waals surface area contributed by atoms with Gasteiger partial charge in [0.1, 0.15) is 0 Å². The molecule has 0 N–H and O–H groups in total. The summed E-state index contributed by atoms with van der Waals surface area (Å²) >= 11 is 0. The standard InChI is InChI=1S/C21H26N2O/c1-22(2)20-13-8-12-18(15-20)21(24)23-14-7-6-11-19(16-23)17-9-4-3-5-10-17/h3-5,8-10,12-13,15,19H,6-7,11,14,16H2,1-2H3. The van der Waals surface area contributed by atoms with E-state index < -0.39 is 0 Å². The second-order valence-corrected chi connectivity index (χ2v) is 6.80. The first-order chi connectivity index (χ1) is 11.6. The Balaban J connectivity index is 1.79. The highest BCUT2D eigenvalue weighted by Gasteiger charge is 2.24. The highest BCUT2D eigenvalue weighted by molar-refractivity contribution is 5.95. The lowest BCUT2D eigenvalue weighted by molar-refractivity contribution is 0.0754. The molecule has 1 aliphatic rings. The lowest BCUT2D eigenvalue weighted by atomic mass is 9.94. The highest BCUT2D eigenvalue weighted by atomic mass is 16.2. The predicted molar refractivity (Wildman–Crippen MR) is 99.7 cm³/mol. The lowest BCUT2D eigenvalue weighted by Crippen LogP contribution is -2.34. The van der Waals surface area contributed by atoms with Gasteiger partial charge in [-0.2, -0.15) is 0 Å². The summed E-state index contributed by atoms with van der Waals surface area (Å²) in [5.41, 5.74) is 3.20. The molecule has 3 nitrogen and oxygen atoms in total. The molecule has 1 aliphatic heterocycles. The third-order valence-electron chi connectivity index (χ3n) is 4.84. The summed E-state index contributed by atoms with van der Waals surface area (Å²) in [5, 5.41) is 0. The molecule has 3 heteroatoms. The van der Waals surface area contributed by atoms with Crippen molar-refractivity contribution in [3.8, 4) is 0 Å².